The van der Waals surface area contributed by atoms with Gasteiger partial charge in [0.15, 0.2) is 0 Å². The number of hydrogen-bond acceptors (Lipinski definition) is 4. The Bertz CT molecular complexity index is 1270. The van der Waals surface area contributed by atoms with Crippen molar-refractivity contribution in [3.05, 3.63) is 88.1 Å². The minimum absolute atomic E-state index is 0.0255. The Morgan fingerprint density at radius 1 is 1.00 bits per heavy atom. The molecule has 5 nitrogen and oxygen atoms in total. The molecule has 9 heteroatoms. The first-order valence-electron chi connectivity index (χ1n) is 8.31. The molecule has 0 amide bonds. The molecule has 146 valence electrons. The first kappa shape index (κ1) is 18.9. The molecule has 4 aromatic rings. The number of hydrogen-bond donors (Lipinski definition) is 0. The molecule has 0 N–H and O–H groups in total. The van der Waals surface area contributed by atoms with E-state index < -0.39 is 23.2 Å². The van der Waals surface area contributed by atoms with Gasteiger partial charge in [0.1, 0.15) is 17.6 Å². The van der Waals surface area contributed by atoms with Gasteiger partial charge in [-0.3, -0.25) is 9.36 Å². The maximum absolute atomic E-state index is 13.2. The Hall–Kier alpha value is -3.39. The average Bonchev–Trinajstić information content (AvgIpc) is 2.69. The fourth-order valence-corrected chi connectivity index (χ4v) is 3.07. The van der Waals surface area contributed by atoms with E-state index in [1.54, 1.807) is 34.9 Å². The van der Waals surface area contributed by atoms with Crippen molar-refractivity contribution in [2.24, 2.45) is 0 Å². The fourth-order valence-electron chi connectivity index (χ4n) is 2.84. The highest BCUT2D eigenvalue weighted by Gasteiger charge is 2.35. The quantitative estimate of drug-likeness (QED) is 0.457. The lowest BCUT2D eigenvalue weighted by atomic mass is 10.2. The van der Waals surface area contributed by atoms with E-state index >= 15 is 0 Å². The second-order valence-corrected chi connectivity index (χ2v) is 6.41. The van der Waals surface area contributed by atoms with Gasteiger partial charge in [-0.05, 0) is 42.5 Å². The van der Waals surface area contributed by atoms with E-state index in [1.807, 2.05) is 0 Å². The van der Waals surface area contributed by atoms with E-state index in [0.29, 0.717) is 16.2 Å². The van der Waals surface area contributed by atoms with Gasteiger partial charge in [0.25, 0.3) is 5.56 Å². The summed E-state index contributed by atoms with van der Waals surface area (Å²) in [5, 5.41) is 0.609. The molecule has 2 heterocycles. The molecule has 0 atom stereocenters. The first-order chi connectivity index (χ1) is 13.8. The zero-order chi connectivity index (χ0) is 20.6. The number of ether oxygens (including phenoxy) is 1. The van der Waals surface area contributed by atoms with Crippen LogP contribution < -0.4 is 10.3 Å². The smallest absolute Gasteiger partial charge is 0.421 e. The van der Waals surface area contributed by atoms with Gasteiger partial charge in [-0.25, -0.2) is 4.98 Å². The third-order valence-corrected chi connectivity index (χ3v) is 4.47. The molecule has 0 saturated carbocycles. The van der Waals surface area contributed by atoms with Crippen molar-refractivity contribution in [2.75, 3.05) is 0 Å². The van der Waals surface area contributed by atoms with Crippen molar-refractivity contribution in [2.45, 2.75) is 6.18 Å². The Balaban J connectivity index is 1.82. The lowest BCUT2D eigenvalue weighted by Crippen LogP contribution is -2.12. The summed E-state index contributed by atoms with van der Waals surface area (Å²) in [6.07, 6.45) is -2.09. The molecule has 0 saturated heterocycles. The summed E-state index contributed by atoms with van der Waals surface area (Å²) < 4.78 is 46.4. The van der Waals surface area contributed by atoms with Crippen molar-refractivity contribution in [1.82, 2.24) is 14.5 Å². The Morgan fingerprint density at radius 2 is 1.79 bits per heavy atom. The number of benzene rings is 2. The van der Waals surface area contributed by atoms with E-state index in [1.165, 1.54) is 30.7 Å². The van der Waals surface area contributed by atoms with E-state index in [9.17, 15) is 18.0 Å². The second kappa shape index (κ2) is 7.21. The molecule has 0 radical (unpaired) electrons. The minimum atomic E-state index is -4.63. The maximum atomic E-state index is 13.2. The molecule has 2 aromatic carbocycles. The molecule has 0 spiro atoms. The van der Waals surface area contributed by atoms with Crippen LogP contribution in [0, 0.1) is 0 Å². The lowest BCUT2D eigenvalue weighted by Gasteiger charge is -2.14. The molecule has 0 unspecified atom stereocenters. The van der Waals surface area contributed by atoms with Crippen molar-refractivity contribution < 1.29 is 17.9 Å². The lowest BCUT2D eigenvalue weighted by molar-refractivity contribution is -0.138. The molecule has 0 aliphatic carbocycles. The molecule has 2 aromatic heterocycles. The molecule has 0 bridgehead atoms. The summed E-state index contributed by atoms with van der Waals surface area (Å²) in [5.41, 5.74) is -0.488. The van der Waals surface area contributed by atoms with Crippen LogP contribution in [0.3, 0.4) is 0 Å². The topological polar surface area (TPSA) is 57.0 Å². The zero-order valence-electron chi connectivity index (χ0n) is 14.5. The van der Waals surface area contributed by atoms with Gasteiger partial charge in [0.2, 0.25) is 5.88 Å². The van der Waals surface area contributed by atoms with Crippen molar-refractivity contribution >= 4 is 22.5 Å². The summed E-state index contributed by atoms with van der Waals surface area (Å²) in [4.78, 5) is 19.8. The second-order valence-electron chi connectivity index (χ2n) is 6.01. The van der Waals surface area contributed by atoms with Gasteiger partial charge in [-0.15, -0.1) is 0 Å². The predicted molar refractivity (Wildman–Crippen MR) is 102 cm³/mol. The molecule has 4 rings (SSSR count). The van der Waals surface area contributed by atoms with Crippen molar-refractivity contribution in [1.29, 1.82) is 0 Å². The Morgan fingerprint density at radius 3 is 2.55 bits per heavy atom. The third kappa shape index (κ3) is 3.66. The van der Waals surface area contributed by atoms with Crippen LogP contribution in [0.15, 0.2) is 71.9 Å². The third-order valence-electron chi connectivity index (χ3n) is 4.15. The number of para-hydroxylation sites is 1. The van der Waals surface area contributed by atoms with Crippen LogP contribution in [-0.4, -0.2) is 14.5 Å². The predicted octanol–water partition coefficient (Wildman–Crippen LogP) is 5.25. The monoisotopic (exact) mass is 417 g/mol. The van der Waals surface area contributed by atoms with Crippen LogP contribution in [0.25, 0.3) is 16.6 Å². The highest BCUT2D eigenvalue weighted by molar-refractivity contribution is 6.32. The van der Waals surface area contributed by atoms with Crippen LogP contribution in [0.1, 0.15) is 5.56 Å². The van der Waals surface area contributed by atoms with Crippen LogP contribution >= 0.6 is 11.6 Å². The van der Waals surface area contributed by atoms with Crippen molar-refractivity contribution in [3.8, 4) is 17.3 Å². The highest BCUT2D eigenvalue weighted by Crippen LogP contribution is 2.37. The van der Waals surface area contributed by atoms with Crippen LogP contribution in [0.4, 0.5) is 13.2 Å². The summed E-state index contributed by atoms with van der Waals surface area (Å²) in [6, 6.07) is 13.4. The first-order valence-corrected chi connectivity index (χ1v) is 8.69. The molecule has 0 aliphatic heterocycles. The SMILES string of the molecule is O=c1ncn(-c2ccccc2Cl)c2ccc(Oc3ncccc3C(F)(F)F)cc12. The van der Waals surface area contributed by atoms with E-state index in [0.717, 1.165) is 6.07 Å². The summed E-state index contributed by atoms with van der Waals surface area (Å²) in [7, 11) is 0. The van der Waals surface area contributed by atoms with Gasteiger partial charge in [0.05, 0.1) is 21.6 Å². The zero-order valence-corrected chi connectivity index (χ0v) is 15.3. The summed E-state index contributed by atoms with van der Waals surface area (Å²) >= 11 is 6.23. The molecular weight excluding hydrogens is 407 g/mol. The summed E-state index contributed by atoms with van der Waals surface area (Å²) in [6.45, 7) is 0. The molecule has 0 aliphatic rings. The number of aromatic nitrogens is 3. The normalized spacial score (nSPS) is 11.6. The van der Waals surface area contributed by atoms with E-state index in [2.05, 4.69) is 9.97 Å². The van der Waals surface area contributed by atoms with Gasteiger partial charge in [0, 0.05) is 6.20 Å². The fraction of sp³-hybridized carbons (Fsp3) is 0.0500. The van der Waals surface area contributed by atoms with Gasteiger partial charge >= 0.3 is 6.18 Å². The average molecular weight is 418 g/mol. The number of halogens is 4. The van der Waals surface area contributed by atoms with Crippen molar-refractivity contribution in [3.63, 3.8) is 0 Å². The Labute approximate surface area is 167 Å². The van der Waals surface area contributed by atoms with E-state index in [4.69, 9.17) is 16.3 Å². The van der Waals surface area contributed by atoms with Gasteiger partial charge < -0.3 is 4.74 Å². The van der Waals surface area contributed by atoms with Gasteiger partial charge in [-0.1, -0.05) is 23.7 Å². The number of pyridine rings is 1. The minimum Gasteiger partial charge on any atom is -0.438 e. The summed E-state index contributed by atoms with van der Waals surface area (Å²) in [5.74, 6) is -0.577. The van der Waals surface area contributed by atoms with Crippen LogP contribution in [-0.2, 0) is 6.18 Å². The highest BCUT2D eigenvalue weighted by atomic mass is 35.5. The van der Waals surface area contributed by atoms with Crippen LogP contribution in [0.5, 0.6) is 11.6 Å². The number of rotatable bonds is 3. The van der Waals surface area contributed by atoms with Crippen LogP contribution in [0.2, 0.25) is 5.02 Å². The molecular formula is C20H11ClF3N3O2. The Kier molecular flexibility index (Phi) is 4.71. The number of alkyl halides is 3. The number of nitrogens with zero attached hydrogens (tertiary/aromatic N) is 3. The number of fused-ring (bicyclic) bond motifs is 1. The van der Waals surface area contributed by atoms with Gasteiger partial charge in [-0.2, -0.15) is 18.2 Å². The molecule has 29 heavy (non-hydrogen) atoms. The molecule has 0 fully saturated rings. The standard InChI is InChI=1S/C20H11ClF3N3O2/c21-15-5-1-2-6-17(15)27-11-26-18(28)13-10-12(7-8-16(13)27)29-19-14(20(22,23)24)4-3-9-25-19/h1-11H. The maximum Gasteiger partial charge on any atom is 0.421 e. The largest absolute Gasteiger partial charge is 0.438 e. The van der Waals surface area contributed by atoms with E-state index in [-0.39, 0.29) is 11.1 Å².